The van der Waals surface area contributed by atoms with E-state index in [1.165, 1.54) is 30.5 Å². The molecule has 2 aromatic heterocycles. The largest absolute Gasteiger partial charge is 0.454 e. The van der Waals surface area contributed by atoms with Crippen LogP contribution in [0.3, 0.4) is 0 Å². The molecule has 35 heavy (non-hydrogen) atoms. The lowest BCUT2D eigenvalue weighted by atomic mass is 10.0. The van der Waals surface area contributed by atoms with Crippen molar-refractivity contribution in [1.29, 1.82) is 0 Å². The Morgan fingerprint density at radius 3 is 2.66 bits per heavy atom. The standard InChI is InChI=1S/C27H19F2N3O3/c1-15-24-17(9-10-33)13-30-22(24)12-21(29)26(15)35-18-7-8-20(28)19(11-18)27-31-14-23(32-27)25(34)16-5-3-2-4-6-16/h2-8,10-14,30H,9H2,1H3,(H,31,32). The Morgan fingerprint density at radius 2 is 1.89 bits per heavy atom. The zero-order valence-corrected chi connectivity index (χ0v) is 18.6. The van der Waals surface area contributed by atoms with E-state index in [0.29, 0.717) is 22.0 Å². The summed E-state index contributed by atoms with van der Waals surface area (Å²) in [5, 5.41) is 0.700. The van der Waals surface area contributed by atoms with Crippen LogP contribution < -0.4 is 4.74 Å². The van der Waals surface area contributed by atoms with E-state index in [1.54, 1.807) is 43.5 Å². The number of aryl methyl sites for hydroxylation is 1. The van der Waals surface area contributed by atoms with E-state index in [0.717, 1.165) is 11.8 Å². The average Bonchev–Trinajstić information content (AvgIpc) is 3.51. The van der Waals surface area contributed by atoms with Crippen LogP contribution in [0.4, 0.5) is 8.78 Å². The number of ketones is 1. The highest BCUT2D eigenvalue weighted by Crippen LogP contribution is 2.36. The SMILES string of the molecule is Cc1c(Oc2ccc(F)c(-c3ncc(C(=O)c4ccccc4)[nH]3)c2)c(F)cc2[nH]cc(CC=O)c12. The van der Waals surface area contributed by atoms with Gasteiger partial charge in [0, 0.05) is 40.7 Å². The van der Waals surface area contributed by atoms with Crippen molar-refractivity contribution in [1.82, 2.24) is 15.0 Å². The minimum atomic E-state index is -0.603. The number of aldehydes is 1. The van der Waals surface area contributed by atoms with Gasteiger partial charge in [0.15, 0.2) is 11.6 Å². The zero-order valence-electron chi connectivity index (χ0n) is 18.6. The van der Waals surface area contributed by atoms with Crippen molar-refractivity contribution in [2.75, 3.05) is 0 Å². The summed E-state index contributed by atoms with van der Waals surface area (Å²) >= 11 is 0. The third kappa shape index (κ3) is 4.10. The second-order valence-electron chi connectivity index (χ2n) is 8.00. The maximum absolute atomic E-state index is 14.9. The highest BCUT2D eigenvalue weighted by atomic mass is 19.1. The Hall–Kier alpha value is -4.59. The summed E-state index contributed by atoms with van der Waals surface area (Å²) in [4.78, 5) is 33.7. The molecule has 0 atom stereocenters. The Labute approximate surface area is 198 Å². The number of hydrogen-bond acceptors (Lipinski definition) is 4. The van der Waals surface area contributed by atoms with Gasteiger partial charge in [-0.05, 0) is 30.7 Å². The van der Waals surface area contributed by atoms with E-state index in [-0.39, 0.29) is 40.8 Å². The minimum Gasteiger partial charge on any atom is -0.454 e. The van der Waals surface area contributed by atoms with E-state index >= 15 is 0 Å². The van der Waals surface area contributed by atoms with Gasteiger partial charge in [0.1, 0.15) is 29.4 Å². The highest BCUT2D eigenvalue weighted by molar-refractivity contribution is 6.07. The van der Waals surface area contributed by atoms with Crippen LogP contribution >= 0.6 is 0 Å². The number of nitrogens with one attached hydrogen (secondary N) is 2. The molecular formula is C27H19F2N3O3. The molecule has 0 saturated heterocycles. The van der Waals surface area contributed by atoms with Crippen LogP contribution in [0.25, 0.3) is 22.3 Å². The molecule has 0 aliphatic heterocycles. The van der Waals surface area contributed by atoms with Gasteiger partial charge in [0.05, 0.1) is 11.8 Å². The molecule has 0 bridgehead atoms. The number of halogens is 2. The molecule has 2 N–H and O–H groups in total. The van der Waals surface area contributed by atoms with Gasteiger partial charge in [0.25, 0.3) is 0 Å². The molecule has 0 unspecified atom stereocenters. The summed E-state index contributed by atoms with van der Waals surface area (Å²) in [5.41, 5.74) is 2.54. The topological polar surface area (TPSA) is 87.8 Å². The summed E-state index contributed by atoms with van der Waals surface area (Å²) < 4.78 is 35.4. The number of aromatic amines is 2. The normalized spacial score (nSPS) is 11.1. The summed E-state index contributed by atoms with van der Waals surface area (Å²) in [7, 11) is 0. The van der Waals surface area contributed by atoms with E-state index < -0.39 is 11.6 Å². The summed E-state index contributed by atoms with van der Waals surface area (Å²) in [6.45, 7) is 1.70. The van der Waals surface area contributed by atoms with Gasteiger partial charge in [-0.2, -0.15) is 0 Å². The third-order valence-corrected chi connectivity index (χ3v) is 5.77. The minimum absolute atomic E-state index is 0.0267. The molecule has 0 amide bonds. The molecule has 0 radical (unpaired) electrons. The third-order valence-electron chi connectivity index (χ3n) is 5.77. The van der Waals surface area contributed by atoms with Gasteiger partial charge >= 0.3 is 0 Å². The number of aromatic nitrogens is 3. The zero-order chi connectivity index (χ0) is 24.5. The van der Waals surface area contributed by atoms with E-state index in [4.69, 9.17) is 4.74 Å². The lowest BCUT2D eigenvalue weighted by molar-refractivity contribution is -0.107. The molecule has 5 aromatic rings. The van der Waals surface area contributed by atoms with Gasteiger partial charge < -0.3 is 19.5 Å². The molecular weight excluding hydrogens is 452 g/mol. The molecule has 8 heteroatoms. The fourth-order valence-corrected chi connectivity index (χ4v) is 4.09. The number of imidazole rings is 1. The molecule has 6 nitrogen and oxygen atoms in total. The average molecular weight is 471 g/mol. The molecule has 0 spiro atoms. The Balaban J connectivity index is 1.49. The number of carbonyl (C=O) groups excluding carboxylic acids is 2. The highest BCUT2D eigenvalue weighted by Gasteiger charge is 2.19. The predicted octanol–water partition coefficient (Wildman–Crippen LogP) is 5.91. The summed E-state index contributed by atoms with van der Waals surface area (Å²) in [6, 6.07) is 13.9. The number of hydrogen-bond donors (Lipinski definition) is 2. The van der Waals surface area contributed by atoms with Crippen LogP contribution in [-0.4, -0.2) is 27.0 Å². The van der Waals surface area contributed by atoms with Gasteiger partial charge in [-0.15, -0.1) is 0 Å². The maximum Gasteiger partial charge on any atom is 0.210 e. The van der Waals surface area contributed by atoms with E-state index in [9.17, 15) is 18.4 Å². The van der Waals surface area contributed by atoms with Crippen LogP contribution in [0, 0.1) is 18.6 Å². The quantitative estimate of drug-likeness (QED) is 0.228. The Morgan fingerprint density at radius 1 is 1.09 bits per heavy atom. The van der Waals surface area contributed by atoms with Crippen LogP contribution in [0.5, 0.6) is 11.5 Å². The first-order valence-corrected chi connectivity index (χ1v) is 10.8. The lowest BCUT2D eigenvalue weighted by Gasteiger charge is -2.13. The van der Waals surface area contributed by atoms with Gasteiger partial charge in [-0.1, -0.05) is 30.3 Å². The van der Waals surface area contributed by atoms with Crippen LogP contribution in [0.1, 0.15) is 27.2 Å². The van der Waals surface area contributed by atoms with E-state index in [2.05, 4.69) is 15.0 Å². The maximum atomic E-state index is 14.9. The molecule has 174 valence electrons. The molecule has 0 fully saturated rings. The number of H-pyrrole nitrogens is 2. The Bertz CT molecular complexity index is 1570. The number of nitrogens with zero attached hydrogens (tertiary/aromatic N) is 1. The summed E-state index contributed by atoms with van der Waals surface area (Å²) in [6.07, 6.45) is 3.96. The molecule has 0 saturated carbocycles. The predicted molar refractivity (Wildman–Crippen MR) is 127 cm³/mol. The lowest BCUT2D eigenvalue weighted by Crippen LogP contribution is -2.01. The monoisotopic (exact) mass is 471 g/mol. The fraction of sp³-hybridized carbons (Fsp3) is 0.0741. The number of carbonyl (C=O) groups is 2. The smallest absolute Gasteiger partial charge is 0.210 e. The fourth-order valence-electron chi connectivity index (χ4n) is 4.09. The Kier molecular flexibility index (Phi) is 5.70. The first kappa shape index (κ1) is 22.2. The van der Waals surface area contributed by atoms with Crippen LogP contribution in [0.15, 0.2) is 67.0 Å². The van der Waals surface area contributed by atoms with Crippen molar-refractivity contribution in [3.05, 3.63) is 101 Å². The van der Waals surface area contributed by atoms with Crippen molar-refractivity contribution < 1.29 is 23.1 Å². The van der Waals surface area contributed by atoms with Crippen molar-refractivity contribution in [2.24, 2.45) is 0 Å². The molecule has 5 rings (SSSR count). The molecule has 3 aromatic carbocycles. The molecule has 0 aliphatic carbocycles. The van der Waals surface area contributed by atoms with Crippen molar-refractivity contribution in [3.8, 4) is 22.9 Å². The summed E-state index contributed by atoms with van der Waals surface area (Å²) in [5.74, 6) is -1.17. The van der Waals surface area contributed by atoms with Gasteiger partial charge in [-0.25, -0.2) is 13.8 Å². The first-order valence-electron chi connectivity index (χ1n) is 10.8. The second-order valence-corrected chi connectivity index (χ2v) is 8.00. The number of ether oxygens (including phenoxy) is 1. The molecule has 0 aliphatic rings. The molecule has 2 heterocycles. The van der Waals surface area contributed by atoms with Gasteiger partial charge in [0.2, 0.25) is 5.78 Å². The van der Waals surface area contributed by atoms with Crippen molar-refractivity contribution >= 4 is 23.0 Å². The number of rotatable bonds is 7. The van der Waals surface area contributed by atoms with Crippen LogP contribution in [-0.2, 0) is 11.2 Å². The van der Waals surface area contributed by atoms with Crippen molar-refractivity contribution in [3.63, 3.8) is 0 Å². The second kappa shape index (κ2) is 8.98. The van der Waals surface area contributed by atoms with E-state index in [1.807, 2.05) is 0 Å². The van der Waals surface area contributed by atoms with Gasteiger partial charge in [-0.3, -0.25) is 4.79 Å². The first-order chi connectivity index (χ1) is 17.0. The van der Waals surface area contributed by atoms with Crippen molar-refractivity contribution in [2.45, 2.75) is 13.3 Å². The van der Waals surface area contributed by atoms with Crippen LogP contribution in [0.2, 0.25) is 0 Å². The number of benzene rings is 3. The number of fused-ring (bicyclic) bond motifs is 1.